The van der Waals surface area contributed by atoms with Gasteiger partial charge in [-0.15, -0.1) is 0 Å². The van der Waals surface area contributed by atoms with Crippen LogP contribution in [0.15, 0.2) is 12.1 Å². The molecule has 2 bridgehead atoms. The molecule has 2 saturated heterocycles. The number of carbonyl (C=O) groups excluding carboxylic acids is 1. The lowest BCUT2D eigenvalue weighted by atomic mass is 10.0. The Labute approximate surface area is 185 Å². The number of halogens is 2. The van der Waals surface area contributed by atoms with E-state index in [2.05, 4.69) is 19.8 Å². The fourth-order valence-corrected chi connectivity index (χ4v) is 4.81. The van der Waals surface area contributed by atoms with E-state index in [-0.39, 0.29) is 29.6 Å². The zero-order valence-electron chi connectivity index (χ0n) is 17.9. The van der Waals surface area contributed by atoms with Gasteiger partial charge in [0.25, 0.3) is 0 Å². The number of aromatic amines is 1. The lowest BCUT2D eigenvalue weighted by Gasteiger charge is -2.41. The standard InChI is InChI=1S/C21H27ClFN5O3/c1-21(2,20(30)31)26(3)18(29)11-28-13-4-5-14(28)9-27(8-13)10-17-24-16-7-12(23)6-15(22)19(16)25-17/h6-7,13-14H,4-5,8-11H2,1-3H3,(H,24,25)(H,30,31). The van der Waals surface area contributed by atoms with Crippen molar-refractivity contribution in [3.05, 3.63) is 28.8 Å². The summed E-state index contributed by atoms with van der Waals surface area (Å²) < 4.78 is 13.6. The molecule has 0 aliphatic carbocycles. The number of hydrogen-bond acceptors (Lipinski definition) is 5. The van der Waals surface area contributed by atoms with Gasteiger partial charge in [-0.25, -0.2) is 14.2 Å². The lowest BCUT2D eigenvalue weighted by molar-refractivity contribution is -0.156. The van der Waals surface area contributed by atoms with E-state index in [4.69, 9.17) is 11.6 Å². The molecule has 0 radical (unpaired) electrons. The molecule has 31 heavy (non-hydrogen) atoms. The molecule has 0 saturated carbocycles. The number of carbonyl (C=O) groups is 2. The predicted molar refractivity (Wildman–Crippen MR) is 114 cm³/mol. The highest BCUT2D eigenvalue weighted by Gasteiger charge is 2.43. The lowest BCUT2D eigenvalue weighted by Crippen LogP contribution is -2.58. The summed E-state index contributed by atoms with van der Waals surface area (Å²) in [5.41, 5.74) is -0.106. The van der Waals surface area contributed by atoms with Crippen LogP contribution in [0.5, 0.6) is 0 Å². The highest BCUT2D eigenvalue weighted by atomic mass is 35.5. The maximum Gasteiger partial charge on any atom is 0.329 e. The third-order valence-corrected chi connectivity index (χ3v) is 6.98. The Kier molecular flexibility index (Phi) is 5.70. The maximum atomic E-state index is 13.6. The number of nitrogens with one attached hydrogen (secondary N) is 1. The quantitative estimate of drug-likeness (QED) is 0.700. The second-order valence-electron chi connectivity index (χ2n) is 9.04. The van der Waals surface area contributed by atoms with Crippen molar-refractivity contribution in [2.45, 2.75) is 50.9 Å². The van der Waals surface area contributed by atoms with Crippen molar-refractivity contribution in [1.82, 2.24) is 24.7 Å². The number of likely N-dealkylation sites (tertiary alicyclic amines) is 1. The molecule has 1 aromatic heterocycles. The summed E-state index contributed by atoms with van der Waals surface area (Å²) in [6, 6.07) is 3.11. The monoisotopic (exact) mass is 451 g/mol. The molecule has 0 spiro atoms. The second-order valence-corrected chi connectivity index (χ2v) is 9.44. The fraction of sp³-hybridized carbons (Fsp3) is 0.571. The van der Waals surface area contributed by atoms with Gasteiger partial charge in [0.05, 0.1) is 23.6 Å². The van der Waals surface area contributed by atoms with Gasteiger partial charge in [-0.05, 0) is 38.8 Å². The van der Waals surface area contributed by atoms with Crippen molar-refractivity contribution in [1.29, 1.82) is 0 Å². The van der Waals surface area contributed by atoms with Crippen LogP contribution in [0.1, 0.15) is 32.5 Å². The first kappa shape index (κ1) is 22.0. The molecule has 2 unspecified atom stereocenters. The van der Waals surface area contributed by atoms with Crippen LogP contribution >= 0.6 is 11.6 Å². The van der Waals surface area contributed by atoms with Gasteiger partial charge in [-0.2, -0.15) is 0 Å². The summed E-state index contributed by atoms with van der Waals surface area (Å²) in [5, 5.41) is 9.68. The number of benzene rings is 1. The molecule has 2 aliphatic rings. The number of carboxylic acids is 1. The van der Waals surface area contributed by atoms with E-state index in [0.29, 0.717) is 17.6 Å². The van der Waals surface area contributed by atoms with Gasteiger partial charge in [-0.3, -0.25) is 14.6 Å². The third kappa shape index (κ3) is 4.14. The molecule has 1 amide bonds. The highest BCUT2D eigenvalue weighted by Crippen LogP contribution is 2.31. The third-order valence-electron chi connectivity index (χ3n) is 6.69. The van der Waals surface area contributed by atoms with Gasteiger partial charge in [0.1, 0.15) is 22.7 Å². The SMILES string of the molecule is CN(C(=O)CN1C2CCC1CN(Cc1nc3c(Cl)cc(F)cc3[nH]1)C2)C(C)(C)C(=O)O. The van der Waals surface area contributed by atoms with E-state index in [1.165, 1.54) is 30.9 Å². The molecule has 2 N–H and O–H groups in total. The minimum absolute atomic E-state index is 0.188. The van der Waals surface area contributed by atoms with Crippen LogP contribution in [0.3, 0.4) is 0 Å². The number of hydrogen-bond donors (Lipinski definition) is 2. The van der Waals surface area contributed by atoms with Gasteiger partial charge >= 0.3 is 5.97 Å². The number of imidazole rings is 1. The Hall–Kier alpha value is -2.23. The molecular weight excluding hydrogens is 425 g/mol. The zero-order chi connectivity index (χ0) is 22.5. The van der Waals surface area contributed by atoms with E-state index in [9.17, 15) is 19.1 Å². The summed E-state index contributed by atoms with van der Waals surface area (Å²) in [4.78, 5) is 37.7. The molecule has 168 valence electrons. The summed E-state index contributed by atoms with van der Waals surface area (Å²) in [6.45, 7) is 5.45. The second kappa shape index (κ2) is 8.03. The molecule has 1 aromatic carbocycles. The number of amides is 1. The van der Waals surface area contributed by atoms with Crippen molar-refractivity contribution in [2.75, 3.05) is 26.7 Å². The first-order valence-electron chi connectivity index (χ1n) is 10.4. The van der Waals surface area contributed by atoms with Crippen molar-refractivity contribution in [2.24, 2.45) is 0 Å². The number of aromatic nitrogens is 2. The minimum atomic E-state index is -1.25. The molecule has 2 aliphatic heterocycles. The molecule has 2 atom stereocenters. The Morgan fingerprint density at radius 3 is 2.58 bits per heavy atom. The molecule has 8 nitrogen and oxygen atoms in total. The van der Waals surface area contributed by atoms with E-state index in [1.54, 1.807) is 7.05 Å². The number of H-pyrrole nitrogens is 1. The number of aliphatic carboxylic acids is 1. The molecular formula is C21H27ClFN5O3. The number of carboxylic acid groups (broad SMARTS) is 1. The normalized spacial score (nSPS) is 22.2. The summed E-state index contributed by atoms with van der Waals surface area (Å²) >= 11 is 6.10. The van der Waals surface area contributed by atoms with Gasteiger partial charge < -0.3 is 15.0 Å². The van der Waals surface area contributed by atoms with Crippen LogP contribution < -0.4 is 0 Å². The highest BCUT2D eigenvalue weighted by molar-refractivity contribution is 6.34. The molecule has 4 rings (SSSR count). The van der Waals surface area contributed by atoms with Gasteiger partial charge in [0.15, 0.2) is 0 Å². The molecule has 2 fully saturated rings. The summed E-state index contributed by atoms with van der Waals surface area (Å²) in [7, 11) is 1.55. The predicted octanol–water partition coefficient (Wildman–Crippen LogP) is 2.33. The van der Waals surface area contributed by atoms with Crippen molar-refractivity contribution in [3.8, 4) is 0 Å². The number of piperazine rings is 1. The van der Waals surface area contributed by atoms with Crippen LogP contribution in [-0.4, -0.2) is 86.0 Å². The Morgan fingerprint density at radius 1 is 1.32 bits per heavy atom. The first-order valence-corrected chi connectivity index (χ1v) is 10.8. The Balaban J connectivity index is 1.41. The summed E-state index contributed by atoms with van der Waals surface area (Å²) in [5.74, 6) is -0.886. The van der Waals surface area contributed by atoms with E-state index in [0.717, 1.165) is 31.8 Å². The van der Waals surface area contributed by atoms with Gasteiger partial charge in [-0.1, -0.05) is 11.6 Å². The Morgan fingerprint density at radius 2 is 1.97 bits per heavy atom. The van der Waals surface area contributed by atoms with Gasteiger partial charge in [0, 0.05) is 32.2 Å². The number of fused-ring (bicyclic) bond motifs is 3. The summed E-state index contributed by atoms with van der Waals surface area (Å²) in [6.07, 6.45) is 2.00. The molecule has 2 aromatic rings. The molecule has 10 heteroatoms. The average Bonchev–Trinajstić information content (AvgIpc) is 3.18. The number of rotatable bonds is 6. The van der Waals surface area contributed by atoms with Crippen molar-refractivity contribution in [3.63, 3.8) is 0 Å². The average molecular weight is 452 g/mol. The van der Waals surface area contributed by atoms with E-state index < -0.39 is 17.3 Å². The smallest absolute Gasteiger partial charge is 0.329 e. The van der Waals surface area contributed by atoms with E-state index >= 15 is 0 Å². The van der Waals surface area contributed by atoms with Crippen LogP contribution in [0.25, 0.3) is 11.0 Å². The number of likely N-dealkylation sites (N-methyl/N-ethyl adjacent to an activating group) is 1. The first-order chi connectivity index (χ1) is 14.6. The van der Waals surface area contributed by atoms with Crippen LogP contribution in [-0.2, 0) is 16.1 Å². The molecule has 3 heterocycles. The largest absolute Gasteiger partial charge is 0.480 e. The topological polar surface area (TPSA) is 92.8 Å². The van der Waals surface area contributed by atoms with E-state index in [1.807, 2.05) is 0 Å². The van der Waals surface area contributed by atoms with Crippen LogP contribution in [0, 0.1) is 5.82 Å². The maximum absolute atomic E-state index is 13.6. The van der Waals surface area contributed by atoms with Crippen molar-refractivity contribution < 1.29 is 19.1 Å². The number of nitrogens with zero attached hydrogens (tertiary/aromatic N) is 4. The minimum Gasteiger partial charge on any atom is -0.480 e. The van der Waals surface area contributed by atoms with Crippen molar-refractivity contribution >= 4 is 34.5 Å². The fourth-order valence-electron chi connectivity index (χ4n) is 4.56. The van der Waals surface area contributed by atoms with Gasteiger partial charge in [0.2, 0.25) is 5.91 Å². The Bertz CT molecular complexity index is 1010. The zero-order valence-corrected chi connectivity index (χ0v) is 18.6. The van der Waals surface area contributed by atoms with Crippen LogP contribution in [0.2, 0.25) is 5.02 Å². The van der Waals surface area contributed by atoms with Crippen LogP contribution in [0.4, 0.5) is 4.39 Å².